The van der Waals surface area contributed by atoms with Crippen molar-refractivity contribution in [3.63, 3.8) is 0 Å². The van der Waals surface area contributed by atoms with Gasteiger partial charge in [-0.15, -0.1) is 11.3 Å². The summed E-state index contributed by atoms with van der Waals surface area (Å²) < 4.78 is 2.12. The molecule has 2 aromatic rings. The highest BCUT2D eigenvalue weighted by atomic mass is 32.1. The standard InChI is InChI=1S/C16H25N3S/c1-10(2)19-14(6)16(13(5)18-19)12(4)17-9-15-8-7-11(3)20-15/h7-8,10,12,17H,9H2,1-6H3/t12-/m1/s1. The van der Waals surface area contributed by atoms with E-state index in [2.05, 4.69) is 68.8 Å². The van der Waals surface area contributed by atoms with Gasteiger partial charge < -0.3 is 5.32 Å². The molecule has 1 N–H and O–H groups in total. The van der Waals surface area contributed by atoms with Gasteiger partial charge in [-0.05, 0) is 53.7 Å². The Balaban J connectivity index is 2.11. The smallest absolute Gasteiger partial charge is 0.0644 e. The third kappa shape index (κ3) is 3.13. The van der Waals surface area contributed by atoms with Gasteiger partial charge in [-0.2, -0.15) is 5.10 Å². The normalized spacial score (nSPS) is 13.2. The molecule has 2 heterocycles. The first-order valence-corrected chi connectivity index (χ1v) is 8.06. The molecule has 0 bridgehead atoms. The summed E-state index contributed by atoms with van der Waals surface area (Å²) in [7, 11) is 0. The summed E-state index contributed by atoms with van der Waals surface area (Å²) in [5.41, 5.74) is 3.75. The van der Waals surface area contributed by atoms with Crippen LogP contribution in [0.25, 0.3) is 0 Å². The van der Waals surface area contributed by atoms with E-state index >= 15 is 0 Å². The number of aromatic nitrogens is 2. The molecule has 110 valence electrons. The number of rotatable bonds is 5. The minimum Gasteiger partial charge on any atom is -0.305 e. The van der Waals surface area contributed by atoms with Gasteiger partial charge in [-0.1, -0.05) is 0 Å². The molecule has 0 fully saturated rings. The van der Waals surface area contributed by atoms with E-state index < -0.39 is 0 Å². The first-order valence-electron chi connectivity index (χ1n) is 7.24. The number of aryl methyl sites for hydroxylation is 2. The van der Waals surface area contributed by atoms with Gasteiger partial charge >= 0.3 is 0 Å². The molecule has 0 amide bonds. The lowest BCUT2D eigenvalue weighted by molar-refractivity contribution is 0.512. The van der Waals surface area contributed by atoms with E-state index in [-0.39, 0.29) is 0 Å². The second-order valence-corrected chi connectivity index (χ2v) is 7.11. The van der Waals surface area contributed by atoms with Crippen molar-refractivity contribution in [2.24, 2.45) is 0 Å². The maximum absolute atomic E-state index is 4.67. The van der Waals surface area contributed by atoms with Crippen LogP contribution in [-0.4, -0.2) is 9.78 Å². The van der Waals surface area contributed by atoms with Crippen molar-refractivity contribution in [1.82, 2.24) is 15.1 Å². The molecule has 1 atom stereocenters. The summed E-state index contributed by atoms with van der Waals surface area (Å²) in [6, 6.07) is 5.12. The molecule has 0 unspecified atom stereocenters. The Labute approximate surface area is 126 Å². The van der Waals surface area contributed by atoms with Gasteiger partial charge in [0.1, 0.15) is 0 Å². The van der Waals surface area contributed by atoms with Crippen molar-refractivity contribution < 1.29 is 0 Å². The van der Waals surface area contributed by atoms with Crippen LogP contribution >= 0.6 is 11.3 Å². The summed E-state index contributed by atoms with van der Waals surface area (Å²) in [5.74, 6) is 0. The van der Waals surface area contributed by atoms with Gasteiger partial charge in [0.15, 0.2) is 0 Å². The Kier molecular flexibility index (Phi) is 4.66. The minimum atomic E-state index is 0.324. The largest absolute Gasteiger partial charge is 0.305 e. The lowest BCUT2D eigenvalue weighted by Gasteiger charge is -2.15. The predicted octanol–water partition coefficient (Wildman–Crippen LogP) is 4.30. The molecule has 0 aliphatic rings. The topological polar surface area (TPSA) is 29.9 Å². The monoisotopic (exact) mass is 291 g/mol. The Morgan fingerprint density at radius 1 is 1.20 bits per heavy atom. The van der Waals surface area contributed by atoms with Gasteiger partial charge in [-0.3, -0.25) is 4.68 Å². The van der Waals surface area contributed by atoms with Crippen molar-refractivity contribution in [1.29, 1.82) is 0 Å². The fraction of sp³-hybridized carbons (Fsp3) is 0.562. The van der Waals surface area contributed by atoms with Crippen LogP contribution in [0.15, 0.2) is 12.1 Å². The van der Waals surface area contributed by atoms with Crippen molar-refractivity contribution in [2.75, 3.05) is 0 Å². The third-order valence-corrected chi connectivity index (χ3v) is 4.68. The molecule has 0 aliphatic heterocycles. The molecule has 3 nitrogen and oxygen atoms in total. The average molecular weight is 291 g/mol. The highest BCUT2D eigenvalue weighted by Gasteiger charge is 2.18. The van der Waals surface area contributed by atoms with Gasteiger partial charge in [0.2, 0.25) is 0 Å². The fourth-order valence-electron chi connectivity index (χ4n) is 2.74. The number of hydrogen-bond donors (Lipinski definition) is 1. The van der Waals surface area contributed by atoms with E-state index in [1.165, 1.54) is 21.0 Å². The van der Waals surface area contributed by atoms with E-state index in [1.807, 2.05) is 11.3 Å². The second-order valence-electron chi connectivity index (χ2n) is 5.74. The Bertz CT molecular complexity index is 581. The molecule has 2 aromatic heterocycles. The zero-order valence-corrected chi connectivity index (χ0v) is 14.1. The molecule has 4 heteroatoms. The number of hydrogen-bond acceptors (Lipinski definition) is 3. The molecule has 20 heavy (non-hydrogen) atoms. The molecule has 2 rings (SSSR count). The van der Waals surface area contributed by atoms with Crippen molar-refractivity contribution in [3.8, 4) is 0 Å². The van der Waals surface area contributed by atoms with Crippen LogP contribution in [0.5, 0.6) is 0 Å². The van der Waals surface area contributed by atoms with Crippen LogP contribution < -0.4 is 5.32 Å². The van der Waals surface area contributed by atoms with Crippen LogP contribution in [0.1, 0.15) is 59.6 Å². The second kappa shape index (κ2) is 6.10. The van der Waals surface area contributed by atoms with E-state index in [4.69, 9.17) is 0 Å². The highest BCUT2D eigenvalue weighted by molar-refractivity contribution is 7.11. The zero-order valence-electron chi connectivity index (χ0n) is 13.3. The average Bonchev–Trinajstić information content (AvgIpc) is 2.91. The van der Waals surface area contributed by atoms with Gasteiger partial charge in [0.05, 0.1) is 5.69 Å². The first kappa shape index (κ1) is 15.3. The summed E-state index contributed by atoms with van der Waals surface area (Å²) in [5, 5.41) is 8.29. The fourth-order valence-corrected chi connectivity index (χ4v) is 3.58. The predicted molar refractivity (Wildman–Crippen MR) is 86.4 cm³/mol. The van der Waals surface area contributed by atoms with Crippen LogP contribution in [0.2, 0.25) is 0 Å². The maximum Gasteiger partial charge on any atom is 0.0644 e. The van der Waals surface area contributed by atoms with E-state index in [0.29, 0.717) is 12.1 Å². The number of nitrogens with one attached hydrogen (secondary N) is 1. The van der Waals surface area contributed by atoms with Crippen molar-refractivity contribution >= 4 is 11.3 Å². The summed E-state index contributed by atoms with van der Waals surface area (Å²) >= 11 is 1.86. The zero-order chi connectivity index (χ0) is 14.9. The minimum absolute atomic E-state index is 0.324. The molecule has 0 aliphatic carbocycles. The van der Waals surface area contributed by atoms with Crippen LogP contribution in [0.3, 0.4) is 0 Å². The maximum atomic E-state index is 4.67. The van der Waals surface area contributed by atoms with Gasteiger partial charge in [-0.25, -0.2) is 0 Å². The summed E-state index contributed by atoms with van der Waals surface area (Å²) in [6.45, 7) is 13.9. The molecule has 0 aromatic carbocycles. The van der Waals surface area contributed by atoms with E-state index in [9.17, 15) is 0 Å². The molecular weight excluding hydrogens is 266 g/mol. The number of thiophene rings is 1. The molecule has 0 spiro atoms. The van der Waals surface area contributed by atoms with Crippen LogP contribution in [-0.2, 0) is 6.54 Å². The highest BCUT2D eigenvalue weighted by Crippen LogP contribution is 2.24. The Morgan fingerprint density at radius 2 is 1.90 bits per heavy atom. The van der Waals surface area contributed by atoms with E-state index in [0.717, 1.165) is 12.2 Å². The lowest BCUT2D eigenvalue weighted by Crippen LogP contribution is -2.19. The number of nitrogens with zero attached hydrogens (tertiary/aromatic N) is 2. The van der Waals surface area contributed by atoms with E-state index in [1.54, 1.807) is 0 Å². The molecular formula is C16H25N3S. The van der Waals surface area contributed by atoms with Crippen molar-refractivity contribution in [2.45, 2.75) is 60.2 Å². The summed E-state index contributed by atoms with van der Waals surface area (Å²) in [6.07, 6.45) is 0. The molecule has 0 saturated carbocycles. The third-order valence-electron chi connectivity index (χ3n) is 3.68. The van der Waals surface area contributed by atoms with Crippen LogP contribution in [0, 0.1) is 20.8 Å². The van der Waals surface area contributed by atoms with Gasteiger partial charge in [0, 0.05) is 39.6 Å². The first-order chi connectivity index (χ1) is 9.40. The Morgan fingerprint density at radius 3 is 2.40 bits per heavy atom. The van der Waals surface area contributed by atoms with Gasteiger partial charge in [0.25, 0.3) is 0 Å². The molecule has 0 saturated heterocycles. The Hall–Kier alpha value is -1.13. The quantitative estimate of drug-likeness (QED) is 0.890. The SMILES string of the molecule is Cc1ccc(CN[C@H](C)c2c(C)nn(C(C)C)c2C)s1. The van der Waals surface area contributed by atoms with Crippen molar-refractivity contribution in [3.05, 3.63) is 38.8 Å². The lowest BCUT2D eigenvalue weighted by atomic mass is 10.1. The van der Waals surface area contributed by atoms with Crippen LogP contribution in [0.4, 0.5) is 0 Å². The molecule has 0 radical (unpaired) electrons. The summed E-state index contributed by atoms with van der Waals surface area (Å²) in [4.78, 5) is 2.76.